The maximum absolute atomic E-state index is 11.6. The van der Waals surface area contributed by atoms with Crippen LogP contribution in [0.2, 0.25) is 0 Å². The number of sulfone groups is 1. The van der Waals surface area contributed by atoms with E-state index in [9.17, 15) is 21.9 Å². The van der Waals surface area contributed by atoms with E-state index < -0.39 is 25.3 Å². The molecule has 0 saturated heterocycles. The van der Waals surface area contributed by atoms with Crippen molar-refractivity contribution in [2.75, 3.05) is 0 Å². The lowest BCUT2D eigenvalue weighted by Gasteiger charge is -2.03. The van der Waals surface area contributed by atoms with E-state index in [0.717, 1.165) is 18.2 Å². The molecule has 0 radical (unpaired) electrons. The van der Waals surface area contributed by atoms with Crippen molar-refractivity contribution in [1.29, 1.82) is 0 Å². The first-order valence-corrected chi connectivity index (χ1v) is 7.77. The van der Waals surface area contributed by atoms with E-state index in [1.54, 1.807) is 0 Å². The van der Waals surface area contributed by atoms with Gasteiger partial charge in [-0.3, -0.25) is 0 Å². The summed E-state index contributed by atoms with van der Waals surface area (Å²) in [4.78, 5) is 0. The predicted octanol–water partition coefficient (Wildman–Crippen LogP) is -0.326. The molecule has 0 bridgehead atoms. The largest absolute Gasteiger partial charge is 0.373 e. The molecule has 1 atom stereocenters. The van der Waals surface area contributed by atoms with Crippen LogP contribution >= 0.6 is 11.3 Å². The van der Waals surface area contributed by atoms with Gasteiger partial charge in [0.1, 0.15) is 8.42 Å². The molecular formula is C7H9NO5S3. The highest BCUT2D eigenvalue weighted by Gasteiger charge is 2.26. The fourth-order valence-corrected chi connectivity index (χ4v) is 4.25. The SMILES string of the molecule is C=CC(O)S(=O)(=O)c1ccc(S(N)(=O)=O)s1. The summed E-state index contributed by atoms with van der Waals surface area (Å²) in [6.45, 7) is 3.14. The van der Waals surface area contributed by atoms with E-state index in [2.05, 4.69) is 6.58 Å². The van der Waals surface area contributed by atoms with E-state index in [4.69, 9.17) is 5.14 Å². The van der Waals surface area contributed by atoms with Crippen LogP contribution in [0.15, 0.2) is 33.2 Å². The molecule has 3 N–H and O–H groups in total. The first-order valence-electron chi connectivity index (χ1n) is 3.87. The molecule has 0 aliphatic rings. The van der Waals surface area contributed by atoms with Crippen molar-refractivity contribution in [2.24, 2.45) is 5.14 Å². The van der Waals surface area contributed by atoms with Gasteiger partial charge in [0.2, 0.25) is 19.9 Å². The molecule has 1 rings (SSSR count). The Morgan fingerprint density at radius 2 is 1.81 bits per heavy atom. The molecule has 1 unspecified atom stereocenters. The molecule has 16 heavy (non-hydrogen) atoms. The highest BCUT2D eigenvalue weighted by molar-refractivity contribution is 7.95. The van der Waals surface area contributed by atoms with E-state index in [0.29, 0.717) is 11.3 Å². The van der Waals surface area contributed by atoms with Crippen LogP contribution in [0.25, 0.3) is 0 Å². The van der Waals surface area contributed by atoms with Gasteiger partial charge in [-0.05, 0) is 18.2 Å². The molecule has 90 valence electrons. The molecule has 1 aromatic rings. The van der Waals surface area contributed by atoms with Crippen LogP contribution in [0.4, 0.5) is 0 Å². The van der Waals surface area contributed by atoms with Crippen LogP contribution in [-0.4, -0.2) is 27.4 Å². The Kier molecular flexibility index (Phi) is 3.55. The molecule has 0 fully saturated rings. The number of hydrogen-bond donors (Lipinski definition) is 2. The van der Waals surface area contributed by atoms with Crippen molar-refractivity contribution in [1.82, 2.24) is 0 Å². The zero-order chi connectivity index (χ0) is 12.6. The summed E-state index contributed by atoms with van der Waals surface area (Å²) in [6.07, 6.45) is 0.839. The number of rotatable bonds is 4. The van der Waals surface area contributed by atoms with Crippen molar-refractivity contribution < 1.29 is 21.9 Å². The Balaban J connectivity index is 3.28. The highest BCUT2D eigenvalue weighted by Crippen LogP contribution is 2.27. The van der Waals surface area contributed by atoms with Crippen molar-refractivity contribution in [3.05, 3.63) is 24.8 Å². The second-order valence-electron chi connectivity index (χ2n) is 2.79. The van der Waals surface area contributed by atoms with Crippen LogP contribution in [-0.2, 0) is 19.9 Å². The third-order valence-corrected chi connectivity index (χ3v) is 6.43. The highest BCUT2D eigenvalue weighted by atomic mass is 32.3. The summed E-state index contributed by atoms with van der Waals surface area (Å²) in [5.74, 6) is 0. The number of thiophene rings is 1. The van der Waals surface area contributed by atoms with Crippen molar-refractivity contribution in [3.63, 3.8) is 0 Å². The Morgan fingerprint density at radius 3 is 2.19 bits per heavy atom. The summed E-state index contributed by atoms with van der Waals surface area (Å²) in [7, 11) is -7.92. The minimum absolute atomic E-state index is 0.274. The average Bonchev–Trinajstić information content (AvgIpc) is 2.64. The van der Waals surface area contributed by atoms with Crippen LogP contribution in [0.3, 0.4) is 0 Å². The fraction of sp³-hybridized carbons (Fsp3) is 0.143. The van der Waals surface area contributed by atoms with Gasteiger partial charge >= 0.3 is 0 Å². The third kappa shape index (κ3) is 2.50. The minimum atomic E-state index is -3.99. The summed E-state index contributed by atoms with van der Waals surface area (Å²) < 4.78 is 44.4. The lowest BCUT2D eigenvalue weighted by molar-refractivity contribution is 0.294. The van der Waals surface area contributed by atoms with E-state index in [-0.39, 0.29) is 8.42 Å². The summed E-state index contributed by atoms with van der Waals surface area (Å²) in [5.41, 5.74) is -1.76. The lowest BCUT2D eigenvalue weighted by Crippen LogP contribution is -2.17. The Labute approximate surface area is 97.0 Å². The van der Waals surface area contributed by atoms with Gasteiger partial charge in [0, 0.05) is 0 Å². The zero-order valence-electron chi connectivity index (χ0n) is 7.90. The monoisotopic (exact) mass is 283 g/mol. The number of hydrogen-bond acceptors (Lipinski definition) is 6. The molecule has 0 aromatic carbocycles. The smallest absolute Gasteiger partial charge is 0.247 e. The Bertz CT molecular complexity index is 598. The van der Waals surface area contributed by atoms with Crippen molar-refractivity contribution in [3.8, 4) is 0 Å². The number of primary sulfonamides is 1. The Hall–Kier alpha value is -0.740. The molecule has 6 nitrogen and oxygen atoms in total. The van der Waals surface area contributed by atoms with E-state index in [1.165, 1.54) is 0 Å². The van der Waals surface area contributed by atoms with Gasteiger partial charge in [0.05, 0.1) is 0 Å². The topological polar surface area (TPSA) is 115 Å². The normalized spacial score (nSPS) is 14.6. The molecule has 0 aliphatic heterocycles. The molecule has 0 aliphatic carbocycles. The summed E-state index contributed by atoms with van der Waals surface area (Å²) in [5, 5.41) is 14.0. The third-order valence-electron chi connectivity index (χ3n) is 1.64. The quantitative estimate of drug-likeness (QED) is 0.734. The molecule has 1 aromatic heterocycles. The Morgan fingerprint density at radius 1 is 1.31 bits per heavy atom. The number of nitrogens with two attached hydrogens (primary N) is 1. The first-order chi connectivity index (χ1) is 7.19. The molecule has 1 heterocycles. The molecule has 0 spiro atoms. The number of aliphatic hydroxyl groups excluding tert-OH is 1. The van der Waals surface area contributed by atoms with Crippen LogP contribution in [0.5, 0.6) is 0 Å². The van der Waals surface area contributed by atoms with Gasteiger partial charge in [-0.25, -0.2) is 22.0 Å². The molecule has 9 heteroatoms. The molecule has 0 amide bonds. The van der Waals surface area contributed by atoms with Gasteiger partial charge in [0.15, 0.2) is 5.44 Å². The van der Waals surface area contributed by atoms with Crippen LogP contribution < -0.4 is 5.14 Å². The van der Waals surface area contributed by atoms with E-state index >= 15 is 0 Å². The van der Waals surface area contributed by atoms with Crippen molar-refractivity contribution >= 4 is 31.2 Å². The van der Waals surface area contributed by atoms with Crippen LogP contribution in [0.1, 0.15) is 0 Å². The second-order valence-corrected chi connectivity index (χ2v) is 7.93. The second kappa shape index (κ2) is 4.26. The van der Waals surface area contributed by atoms with Gasteiger partial charge in [-0.2, -0.15) is 0 Å². The lowest BCUT2D eigenvalue weighted by atomic mass is 10.7. The standard InChI is InChI=1S/C7H9NO5S3/c1-2-5(9)15(10,11)6-3-4-7(14-6)16(8,12)13/h2-5,9H,1H2,(H2,8,12,13). The predicted molar refractivity (Wildman–Crippen MR) is 59.1 cm³/mol. The van der Waals surface area contributed by atoms with Gasteiger partial charge < -0.3 is 5.11 Å². The summed E-state index contributed by atoms with van der Waals surface area (Å²) in [6, 6.07) is 2.15. The van der Waals surface area contributed by atoms with Gasteiger partial charge in [-0.15, -0.1) is 11.3 Å². The molecule has 0 saturated carbocycles. The van der Waals surface area contributed by atoms with Crippen LogP contribution in [0, 0.1) is 0 Å². The summed E-state index contributed by atoms with van der Waals surface area (Å²) >= 11 is 0.482. The van der Waals surface area contributed by atoms with Gasteiger partial charge in [-0.1, -0.05) is 6.58 Å². The number of aliphatic hydroxyl groups is 1. The van der Waals surface area contributed by atoms with E-state index in [1.807, 2.05) is 0 Å². The maximum atomic E-state index is 11.6. The average molecular weight is 283 g/mol. The molecular weight excluding hydrogens is 274 g/mol. The fourth-order valence-electron chi connectivity index (χ4n) is 0.855. The van der Waals surface area contributed by atoms with Crippen molar-refractivity contribution in [2.45, 2.75) is 13.9 Å². The first kappa shape index (κ1) is 13.3. The van der Waals surface area contributed by atoms with Gasteiger partial charge in [0.25, 0.3) is 0 Å². The maximum Gasteiger partial charge on any atom is 0.247 e. The number of sulfonamides is 1. The zero-order valence-corrected chi connectivity index (χ0v) is 10.3. The minimum Gasteiger partial charge on any atom is -0.373 e.